The van der Waals surface area contributed by atoms with Gasteiger partial charge >= 0.3 is 0 Å². The van der Waals surface area contributed by atoms with Crippen LogP contribution in [0.25, 0.3) is 10.8 Å². The zero-order chi connectivity index (χ0) is 13.8. The molecule has 0 atom stereocenters. The Labute approximate surface area is 117 Å². The summed E-state index contributed by atoms with van der Waals surface area (Å²) in [7, 11) is 0. The SMILES string of the molecule is NNc1cc(NCc2cccc3ccccc23)ccn1. The second-order valence-corrected chi connectivity index (χ2v) is 4.57. The zero-order valence-electron chi connectivity index (χ0n) is 11.0. The van der Waals surface area contributed by atoms with E-state index >= 15 is 0 Å². The summed E-state index contributed by atoms with van der Waals surface area (Å²) >= 11 is 0. The van der Waals surface area contributed by atoms with Crippen molar-refractivity contribution in [3.05, 3.63) is 66.4 Å². The third kappa shape index (κ3) is 2.55. The van der Waals surface area contributed by atoms with Crippen LogP contribution in [0.2, 0.25) is 0 Å². The Balaban J connectivity index is 1.83. The lowest BCUT2D eigenvalue weighted by Crippen LogP contribution is -2.09. The number of nitrogens with zero attached hydrogens (tertiary/aromatic N) is 1. The highest BCUT2D eigenvalue weighted by molar-refractivity contribution is 5.85. The van der Waals surface area contributed by atoms with Crippen LogP contribution in [-0.4, -0.2) is 4.98 Å². The fraction of sp³-hybridized carbons (Fsp3) is 0.0625. The highest BCUT2D eigenvalue weighted by Gasteiger charge is 2.01. The smallest absolute Gasteiger partial charge is 0.141 e. The predicted molar refractivity (Wildman–Crippen MR) is 83.3 cm³/mol. The van der Waals surface area contributed by atoms with Crippen molar-refractivity contribution in [2.45, 2.75) is 6.54 Å². The molecule has 2 aromatic carbocycles. The summed E-state index contributed by atoms with van der Waals surface area (Å²) in [4.78, 5) is 4.09. The molecule has 0 fully saturated rings. The van der Waals surface area contributed by atoms with Crippen molar-refractivity contribution in [1.29, 1.82) is 0 Å². The van der Waals surface area contributed by atoms with Gasteiger partial charge in [-0.15, -0.1) is 0 Å². The van der Waals surface area contributed by atoms with Crippen molar-refractivity contribution in [2.75, 3.05) is 10.7 Å². The summed E-state index contributed by atoms with van der Waals surface area (Å²) in [5.74, 6) is 6.01. The number of hydrazine groups is 1. The van der Waals surface area contributed by atoms with E-state index in [1.807, 2.05) is 12.1 Å². The molecule has 100 valence electrons. The quantitative estimate of drug-likeness (QED) is 0.500. The Bertz CT molecular complexity index is 719. The topological polar surface area (TPSA) is 63.0 Å². The molecular weight excluding hydrogens is 248 g/mol. The molecule has 0 aliphatic heterocycles. The van der Waals surface area contributed by atoms with E-state index in [9.17, 15) is 0 Å². The van der Waals surface area contributed by atoms with Crippen LogP contribution < -0.4 is 16.6 Å². The summed E-state index contributed by atoms with van der Waals surface area (Å²) in [6.45, 7) is 0.759. The normalized spacial score (nSPS) is 10.4. The fourth-order valence-corrected chi connectivity index (χ4v) is 2.26. The van der Waals surface area contributed by atoms with Gasteiger partial charge in [-0.25, -0.2) is 10.8 Å². The Hall–Kier alpha value is -2.59. The molecule has 4 heteroatoms. The molecule has 20 heavy (non-hydrogen) atoms. The maximum atomic E-state index is 5.36. The average Bonchev–Trinajstić information content (AvgIpc) is 2.53. The van der Waals surface area contributed by atoms with Crippen molar-refractivity contribution in [1.82, 2.24) is 4.98 Å². The minimum atomic E-state index is 0.646. The van der Waals surface area contributed by atoms with Crippen LogP contribution in [0.3, 0.4) is 0 Å². The Morgan fingerprint density at radius 1 is 1.00 bits per heavy atom. The van der Waals surface area contributed by atoms with Gasteiger partial charge in [0.05, 0.1) is 0 Å². The van der Waals surface area contributed by atoms with Gasteiger partial charge in [-0.2, -0.15) is 0 Å². The van der Waals surface area contributed by atoms with E-state index in [0.717, 1.165) is 12.2 Å². The lowest BCUT2D eigenvalue weighted by molar-refractivity contribution is 1.15. The molecule has 1 aromatic heterocycles. The monoisotopic (exact) mass is 264 g/mol. The predicted octanol–water partition coefficient (Wildman–Crippen LogP) is 3.13. The van der Waals surface area contributed by atoms with Gasteiger partial charge in [-0.05, 0) is 22.4 Å². The molecule has 4 nitrogen and oxygen atoms in total. The Morgan fingerprint density at radius 2 is 1.85 bits per heavy atom. The largest absolute Gasteiger partial charge is 0.381 e. The van der Waals surface area contributed by atoms with E-state index in [2.05, 4.69) is 58.2 Å². The molecular formula is C16H16N4. The molecule has 0 saturated carbocycles. The number of nitrogens with two attached hydrogens (primary N) is 1. The zero-order valence-corrected chi connectivity index (χ0v) is 11.0. The molecule has 1 heterocycles. The number of aromatic nitrogens is 1. The van der Waals surface area contributed by atoms with Gasteiger partial charge in [0.15, 0.2) is 0 Å². The molecule has 3 rings (SSSR count). The fourth-order valence-electron chi connectivity index (χ4n) is 2.26. The molecule has 0 amide bonds. The summed E-state index contributed by atoms with van der Waals surface area (Å²) in [6, 6.07) is 18.5. The van der Waals surface area contributed by atoms with Crippen LogP contribution in [0.4, 0.5) is 11.5 Å². The number of rotatable bonds is 4. The van der Waals surface area contributed by atoms with Gasteiger partial charge in [-0.3, -0.25) is 0 Å². The Morgan fingerprint density at radius 3 is 2.75 bits per heavy atom. The molecule has 4 N–H and O–H groups in total. The van der Waals surface area contributed by atoms with Crippen LogP contribution in [-0.2, 0) is 6.54 Å². The van der Waals surface area contributed by atoms with Crippen molar-refractivity contribution in [2.24, 2.45) is 5.84 Å². The lowest BCUT2D eigenvalue weighted by Gasteiger charge is -2.10. The number of anilines is 2. The first-order chi connectivity index (χ1) is 9.86. The van der Waals surface area contributed by atoms with E-state index in [1.165, 1.54) is 16.3 Å². The van der Waals surface area contributed by atoms with E-state index in [-0.39, 0.29) is 0 Å². The van der Waals surface area contributed by atoms with Crippen LogP contribution in [0.5, 0.6) is 0 Å². The number of fused-ring (bicyclic) bond motifs is 1. The number of hydrogen-bond acceptors (Lipinski definition) is 4. The number of benzene rings is 2. The van der Waals surface area contributed by atoms with Gasteiger partial charge in [0.1, 0.15) is 5.82 Å². The molecule has 0 unspecified atom stereocenters. The summed E-state index contributed by atoms with van der Waals surface area (Å²) in [6.07, 6.45) is 1.72. The minimum Gasteiger partial charge on any atom is -0.381 e. The van der Waals surface area contributed by atoms with E-state index in [1.54, 1.807) is 6.20 Å². The van der Waals surface area contributed by atoms with E-state index in [0.29, 0.717) is 5.82 Å². The second kappa shape index (κ2) is 5.59. The molecule has 0 aliphatic rings. The van der Waals surface area contributed by atoms with E-state index in [4.69, 9.17) is 5.84 Å². The average molecular weight is 264 g/mol. The van der Waals surface area contributed by atoms with Gasteiger partial charge in [-0.1, -0.05) is 42.5 Å². The van der Waals surface area contributed by atoms with Gasteiger partial charge < -0.3 is 10.7 Å². The second-order valence-electron chi connectivity index (χ2n) is 4.57. The van der Waals surface area contributed by atoms with Crippen molar-refractivity contribution in [3.63, 3.8) is 0 Å². The first-order valence-corrected chi connectivity index (χ1v) is 6.50. The molecule has 0 radical (unpaired) electrons. The highest BCUT2D eigenvalue weighted by Crippen LogP contribution is 2.20. The van der Waals surface area contributed by atoms with Crippen molar-refractivity contribution in [3.8, 4) is 0 Å². The van der Waals surface area contributed by atoms with Crippen LogP contribution in [0.1, 0.15) is 5.56 Å². The van der Waals surface area contributed by atoms with Crippen molar-refractivity contribution < 1.29 is 0 Å². The first kappa shape index (κ1) is 12.4. The molecule has 0 saturated heterocycles. The third-order valence-corrected chi connectivity index (χ3v) is 3.27. The number of nitrogens with one attached hydrogen (secondary N) is 2. The van der Waals surface area contributed by atoms with Crippen LogP contribution >= 0.6 is 0 Å². The maximum Gasteiger partial charge on any atom is 0.141 e. The highest BCUT2D eigenvalue weighted by atomic mass is 15.2. The number of pyridine rings is 1. The lowest BCUT2D eigenvalue weighted by atomic mass is 10.0. The number of nitrogen functional groups attached to an aromatic ring is 1. The van der Waals surface area contributed by atoms with Crippen LogP contribution in [0.15, 0.2) is 60.8 Å². The third-order valence-electron chi connectivity index (χ3n) is 3.27. The maximum absolute atomic E-state index is 5.36. The summed E-state index contributed by atoms with van der Waals surface area (Å²) in [5.41, 5.74) is 4.80. The van der Waals surface area contributed by atoms with E-state index < -0.39 is 0 Å². The van der Waals surface area contributed by atoms with Gasteiger partial charge in [0.2, 0.25) is 0 Å². The van der Waals surface area contributed by atoms with Gasteiger partial charge in [0, 0.05) is 24.5 Å². The first-order valence-electron chi connectivity index (χ1n) is 6.50. The molecule has 0 bridgehead atoms. The van der Waals surface area contributed by atoms with Crippen LogP contribution in [0, 0.1) is 0 Å². The minimum absolute atomic E-state index is 0.646. The van der Waals surface area contributed by atoms with Gasteiger partial charge in [0.25, 0.3) is 0 Å². The standard InChI is InChI=1S/C16H16N4/c17-20-16-10-14(8-9-18-16)19-11-13-6-3-5-12-4-1-2-7-15(12)13/h1-10H,11,17H2,(H2,18,19,20). The molecule has 3 aromatic rings. The molecule has 0 spiro atoms. The number of hydrogen-bond donors (Lipinski definition) is 3. The summed E-state index contributed by atoms with van der Waals surface area (Å²) < 4.78 is 0. The molecule has 0 aliphatic carbocycles. The van der Waals surface area contributed by atoms with Crippen molar-refractivity contribution >= 4 is 22.3 Å². The summed E-state index contributed by atoms with van der Waals surface area (Å²) in [5, 5.41) is 5.92. The Kier molecular flexibility index (Phi) is 3.48.